The van der Waals surface area contributed by atoms with Gasteiger partial charge < -0.3 is 5.32 Å². The minimum absolute atomic E-state index is 0.837. The lowest BCUT2D eigenvalue weighted by Crippen LogP contribution is -2.40. The van der Waals surface area contributed by atoms with E-state index in [0.717, 1.165) is 30.7 Å². The highest BCUT2D eigenvalue weighted by atomic mass is 15.3. The molecule has 1 atom stereocenters. The number of piperidine rings is 1. The Bertz CT molecular complexity index is 436. The Morgan fingerprint density at radius 2 is 2.20 bits per heavy atom. The second-order valence-electron chi connectivity index (χ2n) is 6.52. The number of hydrogen-bond acceptors (Lipinski definition) is 3. The number of nitrogens with zero attached hydrogens (tertiary/aromatic N) is 3. The van der Waals surface area contributed by atoms with Crippen LogP contribution in [-0.4, -0.2) is 40.4 Å². The maximum absolute atomic E-state index is 4.56. The van der Waals surface area contributed by atoms with Crippen LogP contribution in [0.25, 0.3) is 0 Å². The van der Waals surface area contributed by atoms with E-state index in [1.165, 1.54) is 51.0 Å². The molecule has 112 valence electrons. The molecule has 1 aliphatic carbocycles. The monoisotopic (exact) mass is 276 g/mol. The van der Waals surface area contributed by atoms with E-state index < -0.39 is 0 Å². The number of likely N-dealkylation sites (tertiary alicyclic amines) is 1. The van der Waals surface area contributed by atoms with E-state index in [-0.39, 0.29) is 0 Å². The van der Waals surface area contributed by atoms with Crippen LogP contribution in [0.2, 0.25) is 0 Å². The van der Waals surface area contributed by atoms with E-state index in [0.29, 0.717) is 0 Å². The Morgan fingerprint density at radius 1 is 1.35 bits per heavy atom. The van der Waals surface area contributed by atoms with Crippen molar-refractivity contribution in [2.45, 2.75) is 58.7 Å². The molecule has 4 heteroatoms. The van der Waals surface area contributed by atoms with Gasteiger partial charge in [-0.25, -0.2) is 0 Å². The summed E-state index contributed by atoms with van der Waals surface area (Å²) in [6.45, 7) is 10.0. The molecule has 1 unspecified atom stereocenters. The van der Waals surface area contributed by atoms with Crippen molar-refractivity contribution in [1.82, 2.24) is 20.0 Å². The number of rotatable bonds is 6. The highest BCUT2D eigenvalue weighted by molar-refractivity contribution is 5.09. The van der Waals surface area contributed by atoms with Crippen LogP contribution in [0.5, 0.6) is 0 Å². The van der Waals surface area contributed by atoms with E-state index in [9.17, 15) is 0 Å². The van der Waals surface area contributed by atoms with Gasteiger partial charge in [-0.15, -0.1) is 0 Å². The third kappa shape index (κ3) is 3.61. The Morgan fingerprint density at radius 3 is 2.95 bits per heavy atom. The van der Waals surface area contributed by atoms with E-state index in [4.69, 9.17) is 0 Å². The first kappa shape index (κ1) is 14.1. The van der Waals surface area contributed by atoms with Crippen LogP contribution < -0.4 is 5.32 Å². The molecule has 0 amide bonds. The Balaban J connectivity index is 1.53. The van der Waals surface area contributed by atoms with E-state index in [2.05, 4.69) is 39.9 Å². The van der Waals surface area contributed by atoms with Crippen molar-refractivity contribution in [3.8, 4) is 0 Å². The molecule has 3 rings (SSSR count). The maximum Gasteiger partial charge on any atom is 0.0597 e. The van der Waals surface area contributed by atoms with Crippen LogP contribution >= 0.6 is 0 Å². The van der Waals surface area contributed by atoms with Crippen molar-refractivity contribution in [3.63, 3.8) is 0 Å². The van der Waals surface area contributed by atoms with Gasteiger partial charge in [0.05, 0.1) is 11.4 Å². The summed E-state index contributed by atoms with van der Waals surface area (Å²) in [5, 5.41) is 8.25. The molecule has 1 aromatic rings. The zero-order chi connectivity index (χ0) is 13.9. The predicted octanol–water partition coefficient (Wildman–Crippen LogP) is 2.18. The van der Waals surface area contributed by atoms with E-state index in [1.807, 2.05) is 0 Å². The van der Waals surface area contributed by atoms with E-state index in [1.54, 1.807) is 0 Å². The topological polar surface area (TPSA) is 33.1 Å². The van der Waals surface area contributed by atoms with Crippen molar-refractivity contribution in [3.05, 3.63) is 17.5 Å². The van der Waals surface area contributed by atoms with Crippen molar-refractivity contribution >= 4 is 0 Å². The van der Waals surface area contributed by atoms with Gasteiger partial charge in [-0.2, -0.15) is 5.10 Å². The number of nitrogens with one attached hydrogen (secondary N) is 1. The molecule has 1 aliphatic heterocycles. The Labute approximate surface area is 122 Å². The molecule has 2 aliphatic rings. The van der Waals surface area contributed by atoms with Gasteiger partial charge in [0, 0.05) is 25.7 Å². The Kier molecular flexibility index (Phi) is 4.41. The van der Waals surface area contributed by atoms with Crippen molar-refractivity contribution in [2.24, 2.45) is 5.92 Å². The quantitative estimate of drug-likeness (QED) is 0.864. The fourth-order valence-electron chi connectivity index (χ4n) is 3.31. The zero-order valence-electron chi connectivity index (χ0n) is 12.9. The highest BCUT2D eigenvalue weighted by Gasteiger charge is 2.25. The first-order chi connectivity index (χ1) is 9.74. The van der Waals surface area contributed by atoms with Gasteiger partial charge in [0.2, 0.25) is 0 Å². The first-order valence-corrected chi connectivity index (χ1v) is 8.23. The molecule has 1 aromatic heterocycles. The van der Waals surface area contributed by atoms with Crippen LogP contribution in [0.4, 0.5) is 0 Å². The van der Waals surface area contributed by atoms with Crippen molar-refractivity contribution in [2.75, 3.05) is 19.6 Å². The minimum Gasteiger partial charge on any atom is -0.314 e. The summed E-state index contributed by atoms with van der Waals surface area (Å²) in [6, 6.07) is 3.09. The Hall–Kier alpha value is -0.870. The summed E-state index contributed by atoms with van der Waals surface area (Å²) in [5.74, 6) is 0.837. The van der Waals surface area contributed by atoms with Crippen molar-refractivity contribution in [1.29, 1.82) is 0 Å². The van der Waals surface area contributed by atoms with Crippen LogP contribution in [0.1, 0.15) is 44.0 Å². The summed E-state index contributed by atoms with van der Waals surface area (Å²) in [5.41, 5.74) is 2.52. The maximum atomic E-state index is 4.56. The fraction of sp³-hybridized carbons (Fsp3) is 0.812. The van der Waals surface area contributed by atoms with Crippen LogP contribution in [0.3, 0.4) is 0 Å². The van der Waals surface area contributed by atoms with Crippen molar-refractivity contribution < 1.29 is 0 Å². The first-order valence-electron chi connectivity index (χ1n) is 8.23. The molecule has 0 aromatic carbocycles. The van der Waals surface area contributed by atoms with Gasteiger partial charge in [-0.3, -0.25) is 9.58 Å². The summed E-state index contributed by atoms with van der Waals surface area (Å²) < 4.78 is 2.15. The van der Waals surface area contributed by atoms with Crippen LogP contribution in [-0.2, 0) is 13.1 Å². The summed E-state index contributed by atoms with van der Waals surface area (Å²) in [4.78, 5) is 2.62. The summed E-state index contributed by atoms with van der Waals surface area (Å²) >= 11 is 0. The minimum atomic E-state index is 0.837. The molecule has 20 heavy (non-hydrogen) atoms. The molecule has 0 spiro atoms. The molecular weight excluding hydrogens is 248 g/mol. The standard InChI is InChI=1S/C16H28N4/c1-3-20-16(9-13(2)18-20)12-19-8-4-5-14(11-19)10-17-15-6-7-15/h9,14-15,17H,3-8,10-12H2,1-2H3. The van der Waals surface area contributed by atoms with Gasteiger partial charge in [-0.1, -0.05) is 0 Å². The van der Waals surface area contributed by atoms with Gasteiger partial charge in [0.1, 0.15) is 0 Å². The van der Waals surface area contributed by atoms with Gasteiger partial charge in [0.15, 0.2) is 0 Å². The summed E-state index contributed by atoms with van der Waals surface area (Å²) in [6.07, 6.45) is 5.52. The lowest BCUT2D eigenvalue weighted by atomic mass is 9.98. The highest BCUT2D eigenvalue weighted by Crippen LogP contribution is 2.22. The number of aryl methyl sites for hydroxylation is 2. The second-order valence-corrected chi connectivity index (χ2v) is 6.52. The van der Waals surface area contributed by atoms with E-state index >= 15 is 0 Å². The molecule has 2 fully saturated rings. The SMILES string of the molecule is CCn1nc(C)cc1CN1CCCC(CNC2CC2)C1. The molecule has 0 radical (unpaired) electrons. The third-order valence-electron chi connectivity index (χ3n) is 4.55. The second kappa shape index (κ2) is 6.27. The van der Waals surface area contributed by atoms with Gasteiger partial charge in [-0.05, 0) is 64.6 Å². The lowest BCUT2D eigenvalue weighted by molar-refractivity contribution is 0.161. The zero-order valence-corrected chi connectivity index (χ0v) is 12.9. The van der Waals surface area contributed by atoms with Gasteiger partial charge in [0.25, 0.3) is 0 Å². The third-order valence-corrected chi connectivity index (χ3v) is 4.55. The number of aromatic nitrogens is 2. The molecule has 1 saturated heterocycles. The molecule has 1 saturated carbocycles. The van der Waals surface area contributed by atoms with Crippen LogP contribution in [0, 0.1) is 12.8 Å². The van der Waals surface area contributed by atoms with Gasteiger partial charge >= 0.3 is 0 Å². The molecule has 0 bridgehead atoms. The molecular formula is C16H28N4. The molecule has 4 nitrogen and oxygen atoms in total. The average Bonchev–Trinajstić information content (AvgIpc) is 3.21. The fourth-order valence-corrected chi connectivity index (χ4v) is 3.31. The molecule has 1 N–H and O–H groups in total. The largest absolute Gasteiger partial charge is 0.314 e. The lowest BCUT2D eigenvalue weighted by Gasteiger charge is -2.33. The summed E-state index contributed by atoms with van der Waals surface area (Å²) in [7, 11) is 0. The number of hydrogen-bond donors (Lipinski definition) is 1. The predicted molar refractivity (Wildman–Crippen MR) is 81.7 cm³/mol. The molecule has 2 heterocycles. The normalized spacial score (nSPS) is 24.2. The smallest absolute Gasteiger partial charge is 0.0597 e. The van der Waals surface area contributed by atoms with Crippen LogP contribution in [0.15, 0.2) is 6.07 Å². The average molecular weight is 276 g/mol.